The van der Waals surface area contributed by atoms with Crippen LogP contribution in [-0.4, -0.2) is 67.6 Å². The Balaban J connectivity index is 1.83. The molecule has 2 rings (SSSR count). The maximum absolute atomic E-state index is 12.2. The van der Waals surface area contributed by atoms with Crippen molar-refractivity contribution in [2.75, 3.05) is 39.9 Å². The summed E-state index contributed by atoms with van der Waals surface area (Å²) in [6, 6.07) is 3.17. The fourth-order valence-electron chi connectivity index (χ4n) is 2.29. The second-order valence-electron chi connectivity index (χ2n) is 4.98. The van der Waals surface area contributed by atoms with E-state index < -0.39 is 6.04 Å². The van der Waals surface area contributed by atoms with Crippen LogP contribution in [-0.2, 0) is 9.53 Å². The van der Waals surface area contributed by atoms with E-state index in [1.54, 1.807) is 16.9 Å². The van der Waals surface area contributed by atoms with Crippen LogP contribution in [0.2, 0.25) is 0 Å². The molecule has 1 fully saturated rings. The number of amides is 2. The summed E-state index contributed by atoms with van der Waals surface area (Å²) in [4.78, 5) is 28.6. The average Bonchev–Trinajstić information content (AvgIpc) is 3.05. The molecule has 0 bridgehead atoms. The fourth-order valence-corrected chi connectivity index (χ4v) is 2.98. The van der Waals surface area contributed by atoms with Gasteiger partial charge in [-0.2, -0.15) is 0 Å². The highest BCUT2D eigenvalue weighted by Gasteiger charge is 2.27. The summed E-state index contributed by atoms with van der Waals surface area (Å²) >= 11 is 1.44. The van der Waals surface area contributed by atoms with Gasteiger partial charge in [-0.25, -0.2) is 0 Å². The molecule has 0 aliphatic carbocycles. The van der Waals surface area contributed by atoms with Crippen LogP contribution in [0.1, 0.15) is 16.1 Å². The zero-order valence-corrected chi connectivity index (χ0v) is 13.0. The summed E-state index contributed by atoms with van der Waals surface area (Å²) in [7, 11) is 1.59. The van der Waals surface area contributed by atoms with Crippen molar-refractivity contribution in [1.82, 2.24) is 9.80 Å². The second-order valence-corrected chi connectivity index (χ2v) is 5.93. The van der Waals surface area contributed by atoms with Crippen LogP contribution in [0.5, 0.6) is 0 Å². The Morgan fingerprint density at radius 3 is 2.57 bits per heavy atom. The molecule has 6 nitrogen and oxygen atoms in total. The third-order valence-electron chi connectivity index (χ3n) is 3.56. The van der Waals surface area contributed by atoms with Crippen molar-refractivity contribution in [3.8, 4) is 0 Å². The van der Waals surface area contributed by atoms with Gasteiger partial charge in [0, 0.05) is 39.9 Å². The third kappa shape index (κ3) is 4.03. The van der Waals surface area contributed by atoms with Gasteiger partial charge in [-0.15, -0.1) is 11.3 Å². The standard InChI is InChI=1S/C14H21N3O3S/c1-20-9-4-11(15)13(18)16-5-7-17(8-6-16)14(19)12-3-2-10-21-12/h2-3,10-11H,4-9,15H2,1H3. The molecule has 7 heteroatoms. The van der Waals surface area contributed by atoms with Gasteiger partial charge in [0.1, 0.15) is 0 Å². The van der Waals surface area contributed by atoms with Gasteiger partial charge in [-0.05, 0) is 17.9 Å². The molecule has 116 valence electrons. The first-order valence-electron chi connectivity index (χ1n) is 6.99. The van der Waals surface area contributed by atoms with E-state index in [4.69, 9.17) is 10.5 Å². The first-order valence-corrected chi connectivity index (χ1v) is 7.87. The highest BCUT2D eigenvalue weighted by atomic mass is 32.1. The number of nitrogens with two attached hydrogens (primary N) is 1. The zero-order chi connectivity index (χ0) is 15.2. The lowest BCUT2D eigenvalue weighted by Crippen LogP contribution is -2.54. The molecule has 1 atom stereocenters. The van der Waals surface area contributed by atoms with Crippen molar-refractivity contribution in [2.24, 2.45) is 5.73 Å². The molecule has 1 unspecified atom stereocenters. The SMILES string of the molecule is COCCC(N)C(=O)N1CCN(C(=O)c2cccs2)CC1. The average molecular weight is 311 g/mol. The predicted molar refractivity (Wildman–Crippen MR) is 81.3 cm³/mol. The summed E-state index contributed by atoms with van der Waals surface area (Å²) < 4.78 is 4.94. The minimum atomic E-state index is -0.524. The highest BCUT2D eigenvalue weighted by Crippen LogP contribution is 2.14. The van der Waals surface area contributed by atoms with Crippen LogP contribution in [0.15, 0.2) is 17.5 Å². The number of carbonyl (C=O) groups is 2. The fraction of sp³-hybridized carbons (Fsp3) is 0.571. The van der Waals surface area contributed by atoms with E-state index in [1.165, 1.54) is 11.3 Å². The van der Waals surface area contributed by atoms with E-state index >= 15 is 0 Å². The number of nitrogens with zero attached hydrogens (tertiary/aromatic N) is 2. The smallest absolute Gasteiger partial charge is 0.264 e. The van der Waals surface area contributed by atoms with Gasteiger partial charge < -0.3 is 20.3 Å². The molecule has 0 radical (unpaired) electrons. The number of rotatable bonds is 5. The van der Waals surface area contributed by atoms with Crippen LogP contribution in [0.4, 0.5) is 0 Å². The maximum atomic E-state index is 12.2. The van der Waals surface area contributed by atoms with E-state index in [2.05, 4.69) is 0 Å². The van der Waals surface area contributed by atoms with E-state index in [-0.39, 0.29) is 11.8 Å². The van der Waals surface area contributed by atoms with Crippen LogP contribution < -0.4 is 5.73 Å². The molecule has 2 N–H and O–H groups in total. The normalized spacial score (nSPS) is 16.9. The van der Waals surface area contributed by atoms with E-state index in [0.717, 1.165) is 4.88 Å². The van der Waals surface area contributed by atoms with Gasteiger partial charge in [0.25, 0.3) is 5.91 Å². The van der Waals surface area contributed by atoms with Gasteiger partial charge in [0.15, 0.2) is 0 Å². The van der Waals surface area contributed by atoms with Gasteiger partial charge in [0.2, 0.25) is 5.91 Å². The Labute approximate surface area is 128 Å². The molecule has 1 aliphatic rings. The molecule has 1 saturated heterocycles. The lowest BCUT2D eigenvalue weighted by molar-refractivity contribution is -0.134. The molecule has 1 aromatic heterocycles. The molecule has 1 aromatic rings. The Bertz CT molecular complexity index is 470. The molecule has 0 aromatic carbocycles. The van der Waals surface area contributed by atoms with E-state index in [1.807, 2.05) is 17.5 Å². The number of ether oxygens (including phenoxy) is 1. The number of methoxy groups -OCH3 is 1. The largest absolute Gasteiger partial charge is 0.385 e. The summed E-state index contributed by atoms with van der Waals surface area (Å²) in [5.41, 5.74) is 5.86. The quantitative estimate of drug-likeness (QED) is 0.854. The zero-order valence-electron chi connectivity index (χ0n) is 12.2. The van der Waals surface area contributed by atoms with Crippen molar-refractivity contribution in [3.05, 3.63) is 22.4 Å². The second kappa shape index (κ2) is 7.53. The Morgan fingerprint density at radius 2 is 2.00 bits per heavy atom. The number of thiophene rings is 1. The Hall–Kier alpha value is -1.44. The van der Waals surface area contributed by atoms with Crippen molar-refractivity contribution in [3.63, 3.8) is 0 Å². The monoisotopic (exact) mass is 311 g/mol. The summed E-state index contributed by atoms with van der Waals surface area (Å²) in [6.07, 6.45) is 0.518. The first-order chi connectivity index (χ1) is 10.1. The molecule has 21 heavy (non-hydrogen) atoms. The van der Waals surface area contributed by atoms with Crippen LogP contribution in [0.25, 0.3) is 0 Å². The molecule has 0 spiro atoms. The predicted octanol–water partition coefficient (Wildman–Crippen LogP) is 0.396. The molecule has 2 heterocycles. The number of hydrogen-bond acceptors (Lipinski definition) is 5. The lowest BCUT2D eigenvalue weighted by Gasteiger charge is -2.35. The lowest BCUT2D eigenvalue weighted by atomic mass is 10.2. The minimum absolute atomic E-state index is 0.0424. The summed E-state index contributed by atoms with van der Waals surface area (Å²) in [5, 5.41) is 1.89. The first kappa shape index (κ1) is 15.9. The number of piperazine rings is 1. The third-order valence-corrected chi connectivity index (χ3v) is 4.42. The molecular formula is C14H21N3O3S. The van der Waals surface area contributed by atoms with E-state index in [0.29, 0.717) is 39.2 Å². The van der Waals surface area contributed by atoms with E-state index in [9.17, 15) is 9.59 Å². The Morgan fingerprint density at radius 1 is 1.33 bits per heavy atom. The number of carbonyl (C=O) groups excluding carboxylic acids is 2. The minimum Gasteiger partial charge on any atom is -0.385 e. The van der Waals surface area contributed by atoms with Crippen molar-refractivity contribution in [2.45, 2.75) is 12.5 Å². The number of hydrogen-bond donors (Lipinski definition) is 1. The van der Waals surface area contributed by atoms with Crippen LogP contribution in [0.3, 0.4) is 0 Å². The topological polar surface area (TPSA) is 75.9 Å². The Kier molecular flexibility index (Phi) is 5.72. The summed E-state index contributed by atoms with van der Waals surface area (Å²) in [5.74, 6) is -0.0175. The molecular weight excluding hydrogens is 290 g/mol. The molecule has 2 amide bonds. The van der Waals surface area contributed by atoms with Crippen molar-refractivity contribution < 1.29 is 14.3 Å². The van der Waals surface area contributed by atoms with Crippen LogP contribution >= 0.6 is 11.3 Å². The molecule has 0 saturated carbocycles. The van der Waals surface area contributed by atoms with Gasteiger partial charge in [-0.3, -0.25) is 9.59 Å². The van der Waals surface area contributed by atoms with Gasteiger partial charge in [-0.1, -0.05) is 6.07 Å². The van der Waals surface area contributed by atoms with Crippen LogP contribution in [0, 0.1) is 0 Å². The molecule has 1 aliphatic heterocycles. The van der Waals surface area contributed by atoms with Gasteiger partial charge in [0.05, 0.1) is 10.9 Å². The van der Waals surface area contributed by atoms with Gasteiger partial charge >= 0.3 is 0 Å². The summed E-state index contributed by atoms with van der Waals surface area (Å²) in [6.45, 7) is 2.66. The maximum Gasteiger partial charge on any atom is 0.264 e. The van der Waals surface area contributed by atoms with Crippen molar-refractivity contribution >= 4 is 23.2 Å². The van der Waals surface area contributed by atoms with Crippen molar-refractivity contribution in [1.29, 1.82) is 0 Å². The highest BCUT2D eigenvalue weighted by molar-refractivity contribution is 7.12.